The number of methoxy groups -OCH3 is 1. The van der Waals surface area contributed by atoms with E-state index in [1.165, 1.54) is 46.0 Å². The molecule has 6 nitrogen and oxygen atoms in total. The lowest BCUT2D eigenvalue weighted by molar-refractivity contribution is -0.145. The molecule has 2 aliphatic heterocycles. The number of esters is 1. The summed E-state index contributed by atoms with van der Waals surface area (Å²) < 4.78 is 14.2. The van der Waals surface area contributed by atoms with Gasteiger partial charge in [0.1, 0.15) is 0 Å². The van der Waals surface area contributed by atoms with E-state index in [0.717, 1.165) is 49.7 Å². The molecule has 4 aliphatic carbocycles. The number of aliphatic hydroxyl groups excluding tert-OH is 2. The molecular formula is C44H57NO5. The Kier molecular flexibility index (Phi) is 7.23. The Hall–Kier alpha value is -2.93. The van der Waals surface area contributed by atoms with Crippen molar-refractivity contribution in [2.45, 2.75) is 136 Å². The number of rotatable bonds is 4. The van der Waals surface area contributed by atoms with Crippen molar-refractivity contribution in [3.63, 3.8) is 0 Å². The first kappa shape index (κ1) is 34.2. The van der Waals surface area contributed by atoms with Crippen LogP contribution in [-0.4, -0.2) is 45.2 Å². The molecule has 2 saturated carbocycles. The topological polar surface area (TPSA) is 80.9 Å². The van der Waals surface area contributed by atoms with Crippen LogP contribution in [0.2, 0.25) is 0 Å². The number of carbonyl (C=O) groups is 1. The van der Waals surface area contributed by atoms with E-state index in [4.69, 9.17) is 9.47 Å². The summed E-state index contributed by atoms with van der Waals surface area (Å²) >= 11 is 0. The van der Waals surface area contributed by atoms with E-state index in [2.05, 4.69) is 84.8 Å². The molecule has 6 heteroatoms. The molecule has 1 aromatic heterocycles. The predicted molar refractivity (Wildman–Crippen MR) is 199 cm³/mol. The number of hydrogen-bond donors (Lipinski definition) is 2. The molecule has 2 aromatic rings. The number of benzene rings is 1. The Morgan fingerprint density at radius 2 is 1.76 bits per heavy atom. The van der Waals surface area contributed by atoms with Crippen LogP contribution in [0.1, 0.15) is 128 Å². The number of aromatic nitrogens is 1. The summed E-state index contributed by atoms with van der Waals surface area (Å²) in [6.07, 6.45) is 13.0. The van der Waals surface area contributed by atoms with Crippen LogP contribution in [0.15, 0.2) is 48.1 Å². The van der Waals surface area contributed by atoms with E-state index < -0.39 is 28.8 Å². The van der Waals surface area contributed by atoms with Crippen LogP contribution in [0.25, 0.3) is 16.5 Å². The minimum absolute atomic E-state index is 0.0680. The summed E-state index contributed by atoms with van der Waals surface area (Å²) in [6.45, 7) is 24.4. The van der Waals surface area contributed by atoms with Gasteiger partial charge in [0.05, 0.1) is 42.1 Å². The highest BCUT2D eigenvalue weighted by Crippen LogP contribution is 2.71. The minimum Gasteiger partial charge on any atom is -0.466 e. The lowest BCUT2D eigenvalue weighted by Gasteiger charge is -2.64. The van der Waals surface area contributed by atoms with Crippen molar-refractivity contribution in [3.8, 4) is 0 Å². The maximum Gasteiger partial charge on any atom is 0.333 e. The molecule has 8 rings (SSSR count). The highest BCUT2D eigenvalue weighted by Gasteiger charge is 2.67. The fourth-order valence-electron chi connectivity index (χ4n) is 12.8. The molecule has 1 aromatic carbocycles. The van der Waals surface area contributed by atoms with Crippen LogP contribution in [0.3, 0.4) is 0 Å². The third-order valence-electron chi connectivity index (χ3n) is 15.1. The molecule has 50 heavy (non-hydrogen) atoms. The summed E-state index contributed by atoms with van der Waals surface area (Å²) in [5.41, 5.74) is 9.31. The molecule has 6 aliphatic rings. The Morgan fingerprint density at radius 1 is 1.04 bits per heavy atom. The second-order valence-corrected chi connectivity index (χ2v) is 18.6. The van der Waals surface area contributed by atoms with E-state index >= 15 is 0 Å². The molecule has 1 unspecified atom stereocenters. The molecule has 0 bridgehead atoms. The van der Waals surface area contributed by atoms with Gasteiger partial charge in [0.2, 0.25) is 0 Å². The number of aliphatic hydroxyl groups is 2. The predicted octanol–water partition coefficient (Wildman–Crippen LogP) is 8.63. The van der Waals surface area contributed by atoms with E-state index in [0.29, 0.717) is 11.5 Å². The van der Waals surface area contributed by atoms with Gasteiger partial charge in [-0.2, -0.15) is 0 Å². The molecule has 0 spiro atoms. The summed E-state index contributed by atoms with van der Waals surface area (Å²) in [5, 5.41) is 25.3. The van der Waals surface area contributed by atoms with Crippen molar-refractivity contribution in [2.75, 3.05) is 7.11 Å². The third kappa shape index (κ3) is 4.16. The van der Waals surface area contributed by atoms with Crippen LogP contribution >= 0.6 is 0 Å². The summed E-state index contributed by atoms with van der Waals surface area (Å²) in [4.78, 5) is 12.1. The summed E-state index contributed by atoms with van der Waals surface area (Å²) in [5.74, 6) is 0.325. The van der Waals surface area contributed by atoms with Crippen molar-refractivity contribution in [1.82, 2.24) is 4.57 Å². The highest BCUT2D eigenvalue weighted by atomic mass is 16.5. The molecule has 268 valence electrons. The van der Waals surface area contributed by atoms with Crippen LogP contribution in [0.4, 0.5) is 0 Å². The molecular weight excluding hydrogens is 622 g/mol. The smallest absolute Gasteiger partial charge is 0.333 e. The van der Waals surface area contributed by atoms with Gasteiger partial charge >= 0.3 is 5.97 Å². The average molecular weight is 680 g/mol. The van der Waals surface area contributed by atoms with Crippen LogP contribution in [0.5, 0.6) is 0 Å². The zero-order chi connectivity index (χ0) is 36.1. The van der Waals surface area contributed by atoms with Crippen molar-refractivity contribution in [3.05, 3.63) is 76.0 Å². The molecule has 3 heterocycles. The Balaban J connectivity index is 1.32. The van der Waals surface area contributed by atoms with Crippen LogP contribution in [-0.2, 0) is 32.5 Å². The second-order valence-electron chi connectivity index (χ2n) is 18.6. The van der Waals surface area contributed by atoms with Gasteiger partial charge in [-0.25, -0.2) is 4.79 Å². The third-order valence-corrected chi connectivity index (χ3v) is 15.1. The van der Waals surface area contributed by atoms with Crippen LogP contribution < -0.4 is 0 Å². The van der Waals surface area contributed by atoms with Gasteiger partial charge in [0.15, 0.2) is 0 Å². The average Bonchev–Trinajstić information content (AvgIpc) is 3.73. The molecule has 0 radical (unpaired) electrons. The molecule has 2 fully saturated rings. The van der Waals surface area contributed by atoms with E-state index in [-0.39, 0.29) is 34.7 Å². The molecule has 9 atom stereocenters. The molecule has 0 amide bonds. The van der Waals surface area contributed by atoms with Crippen molar-refractivity contribution >= 4 is 22.4 Å². The first-order valence-electron chi connectivity index (χ1n) is 18.9. The number of fused-ring (bicyclic) bond motifs is 11. The maximum absolute atomic E-state index is 12.2. The zero-order valence-corrected chi connectivity index (χ0v) is 31.9. The highest BCUT2D eigenvalue weighted by molar-refractivity contribution is 5.97. The monoisotopic (exact) mass is 679 g/mol. The van der Waals surface area contributed by atoms with Crippen LogP contribution in [0, 0.1) is 28.6 Å². The van der Waals surface area contributed by atoms with Crippen molar-refractivity contribution < 1.29 is 24.5 Å². The van der Waals surface area contributed by atoms with Gasteiger partial charge in [-0.15, -0.1) is 0 Å². The van der Waals surface area contributed by atoms with Crippen molar-refractivity contribution in [2.24, 2.45) is 28.6 Å². The first-order valence-corrected chi connectivity index (χ1v) is 18.9. The molecule has 2 N–H and O–H groups in total. The van der Waals surface area contributed by atoms with Gasteiger partial charge in [0, 0.05) is 33.4 Å². The quantitative estimate of drug-likeness (QED) is 0.146. The normalized spacial score (nSPS) is 39.1. The zero-order valence-electron chi connectivity index (χ0n) is 31.9. The van der Waals surface area contributed by atoms with Gasteiger partial charge < -0.3 is 24.3 Å². The number of allylic oxidation sites excluding steroid dienone is 3. The Bertz CT molecular complexity index is 1960. The van der Waals surface area contributed by atoms with Gasteiger partial charge in [-0.05, 0) is 137 Å². The van der Waals surface area contributed by atoms with Gasteiger partial charge in [-0.1, -0.05) is 51.2 Å². The summed E-state index contributed by atoms with van der Waals surface area (Å²) in [7, 11) is 1.41. The largest absolute Gasteiger partial charge is 0.466 e. The lowest BCUT2D eigenvalue weighted by atomic mass is 9.40. The number of ether oxygens (including phenoxy) is 2. The SMILES string of the molecule is C=C(C)[C@H]1Cc2c3c(cc4c5c(n1c24)[C@@]1(C)[C@@H](CCC2[C@](C)(/C=C/C=C(\C)C(=O)OC)[C@@H](O)CC[C@@]21C)C5)C1=CC(C)(C)OC(C)(C)[C@H]1[C@@H]3O. The molecule has 0 saturated heterocycles. The minimum atomic E-state index is -0.618. The number of carbonyl (C=O) groups excluding carboxylic acids is 1. The fourth-order valence-corrected chi connectivity index (χ4v) is 12.8. The van der Waals surface area contributed by atoms with Gasteiger partial charge in [0.25, 0.3) is 0 Å². The Labute approximate surface area is 298 Å². The fraction of sp³-hybridized carbons (Fsp3) is 0.614. The van der Waals surface area contributed by atoms with Gasteiger partial charge in [-0.3, -0.25) is 0 Å². The second kappa shape index (κ2) is 10.6. The summed E-state index contributed by atoms with van der Waals surface area (Å²) in [6, 6.07) is 2.59. The first-order chi connectivity index (χ1) is 23.3. The van der Waals surface area contributed by atoms with E-state index in [1.54, 1.807) is 6.92 Å². The number of nitrogens with zero attached hydrogens (tertiary/aromatic N) is 1. The van der Waals surface area contributed by atoms with E-state index in [9.17, 15) is 15.0 Å². The standard InChI is InChI=1S/C44H57NO5/c1-23(2)31-21-29-34-26(30-22-40(4,5)50-41(6,7)35(30)37(34)47)20-27-28-19-25-14-15-32-42(8,17-12-13-24(3)39(48)49-11)33(46)16-18-43(32,9)44(25,10)38(28)45(31)36(27)29/h12-13,17,20,22,25,31-33,35,37,46-47H,1,14-16,18-19,21H2,2-11H3/b17-12+,24-13+/t25-,31+,32?,33-,35+,37+,42-,43-,44+/m0/s1. The Morgan fingerprint density at radius 3 is 2.44 bits per heavy atom. The lowest BCUT2D eigenvalue weighted by Crippen LogP contribution is -2.62. The maximum atomic E-state index is 12.2. The van der Waals surface area contributed by atoms with Crippen molar-refractivity contribution in [1.29, 1.82) is 0 Å². The number of hydrogen-bond acceptors (Lipinski definition) is 5. The van der Waals surface area contributed by atoms with E-state index in [1.807, 2.05) is 12.2 Å².